The van der Waals surface area contributed by atoms with Crippen molar-refractivity contribution >= 4 is 23.6 Å². The lowest BCUT2D eigenvalue weighted by Crippen LogP contribution is -2.50. The molecule has 2 aliphatic heterocycles. The van der Waals surface area contributed by atoms with Crippen molar-refractivity contribution in [2.75, 3.05) is 46.4 Å². The predicted octanol–water partition coefficient (Wildman–Crippen LogP) is 1.51. The maximum atomic E-state index is 13.0. The monoisotopic (exact) mass is 425 g/mol. The first-order valence-corrected chi connectivity index (χ1v) is 10.1. The van der Waals surface area contributed by atoms with Crippen molar-refractivity contribution in [1.82, 2.24) is 14.7 Å². The van der Waals surface area contributed by atoms with Crippen molar-refractivity contribution in [3.63, 3.8) is 0 Å². The van der Waals surface area contributed by atoms with E-state index in [1.54, 1.807) is 35.1 Å². The molecule has 0 N–H and O–H groups in total. The van der Waals surface area contributed by atoms with Crippen LogP contribution in [0.4, 0.5) is 0 Å². The molecular formula is C22H23N3O6. The highest BCUT2D eigenvalue weighted by Crippen LogP contribution is 2.25. The summed E-state index contributed by atoms with van der Waals surface area (Å²) >= 11 is 0. The van der Waals surface area contributed by atoms with Crippen molar-refractivity contribution in [2.24, 2.45) is 0 Å². The third kappa shape index (κ3) is 3.96. The van der Waals surface area contributed by atoms with E-state index in [0.717, 1.165) is 0 Å². The summed E-state index contributed by atoms with van der Waals surface area (Å²) in [5.74, 6) is -0.894. The van der Waals surface area contributed by atoms with Crippen LogP contribution < -0.4 is 0 Å². The molecule has 4 amide bonds. The van der Waals surface area contributed by atoms with E-state index in [0.29, 0.717) is 50.3 Å². The maximum Gasteiger partial charge on any atom is 0.289 e. The second kappa shape index (κ2) is 8.73. The molecule has 0 spiro atoms. The van der Waals surface area contributed by atoms with Crippen LogP contribution in [0.25, 0.3) is 0 Å². The second-order valence-electron chi connectivity index (χ2n) is 7.43. The number of amides is 4. The summed E-state index contributed by atoms with van der Waals surface area (Å²) in [6.07, 6.45) is 2.00. The minimum absolute atomic E-state index is 0.202. The van der Waals surface area contributed by atoms with E-state index in [1.807, 2.05) is 0 Å². The normalized spacial score (nSPS) is 16.1. The number of carbonyl (C=O) groups excluding carboxylic acids is 4. The fourth-order valence-electron chi connectivity index (χ4n) is 3.85. The quantitative estimate of drug-likeness (QED) is 0.514. The molecule has 0 radical (unpaired) electrons. The van der Waals surface area contributed by atoms with Crippen LogP contribution >= 0.6 is 0 Å². The molecular weight excluding hydrogens is 402 g/mol. The first kappa shape index (κ1) is 20.8. The highest BCUT2D eigenvalue weighted by Gasteiger charge is 2.36. The molecule has 0 saturated carbocycles. The molecule has 1 aromatic heterocycles. The molecule has 3 heterocycles. The number of rotatable bonds is 6. The number of fused-ring (bicyclic) bond motifs is 1. The Morgan fingerprint density at radius 2 is 1.65 bits per heavy atom. The molecule has 2 aliphatic rings. The van der Waals surface area contributed by atoms with Crippen molar-refractivity contribution in [3.05, 3.63) is 59.0 Å². The predicted molar refractivity (Wildman–Crippen MR) is 109 cm³/mol. The van der Waals surface area contributed by atoms with Crippen LogP contribution in [-0.4, -0.2) is 84.8 Å². The van der Waals surface area contributed by atoms with Crippen molar-refractivity contribution in [3.8, 4) is 0 Å². The number of hydrogen-bond donors (Lipinski definition) is 0. The van der Waals surface area contributed by atoms with Crippen LogP contribution in [0.1, 0.15) is 48.0 Å². The van der Waals surface area contributed by atoms with Gasteiger partial charge in [0.1, 0.15) is 0 Å². The first-order valence-electron chi connectivity index (χ1n) is 10.1. The van der Waals surface area contributed by atoms with E-state index >= 15 is 0 Å². The van der Waals surface area contributed by atoms with Crippen molar-refractivity contribution in [1.29, 1.82) is 0 Å². The van der Waals surface area contributed by atoms with E-state index < -0.39 is 0 Å². The standard InChI is InChI=1S/C22H23N3O6/c1-30-12-3-7-25-20(27)16-6-5-15(14-17(16)21(25)28)19(26)23-8-10-24(11-9-23)22(29)18-4-2-13-31-18/h2,4-6,13-14H,3,7-12H2,1H3. The Labute approximate surface area is 179 Å². The maximum absolute atomic E-state index is 13.0. The van der Waals surface area contributed by atoms with Crippen LogP contribution in [0.5, 0.6) is 0 Å². The van der Waals surface area contributed by atoms with Crippen molar-refractivity contribution < 1.29 is 28.3 Å². The number of methoxy groups -OCH3 is 1. The van der Waals surface area contributed by atoms with Crippen LogP contribution in [0, 0.1) is 0 Å². The lowest BCUT2D eigenvalue weighted by atomic mass is 10.0. The summed E-state index contributed by atoms with van der Waals surface area (Å²) in [4.78, 5) is 55.0. The molecule has 9 nitrogen and oxygen atoms in total. The summed E-state index contributed by atoms with van der Waals surface area (Å²) in [5.41, 5.74) is 0.914. The average molecular weight is 425 g/mol. The highest BCUT2D eigenvalue weighted by atomic mass is 16.5. The third-order valence-electron chi connectivity index (χ3n) is 5.53. The van der Waals surface area contributed by atoms with E-state index in [1.165, 1.54) is 23.3 Å². The Bertz CT molecular complexity index is 1010. The van der Waals surface area contributed by atoms with Gasteiger partial charge in [0.25, 0.3) is 23.6 Å². The number of hydrogen-bond acceptors (Lipinski definition) is 6. The number of nitrogens with zero attached hydrogens (tertiary/aromatic N) is 3. The molecule has 4 rings (SSSR count). The van der Waals surface area contributed by atoms with Gasteiger partial charge in [-0.15, -0.1) is 0 Å². The SMILES string of the molecule is COCCCN1C(=O)c2ccc(C(=O)N3CCN(C(=O)c4ccco4)CC3)cc2C1=O. The fraction of sp³-hybridized carbons (Fsp3) is 0.364. The summed E-state index contributed by atoms with van der Waals surface area (Å²) in [7, 11) is 1.56. The smallest absolute Gasteiger partial charge is 0.289 e. The zero-order valence-corrected chi connectivity index (χ0v) is 17.2. The average Bonchev–Trinajstić information content (AvgIpc) is 3.42. The highest BCUT2D eigenvalue weighted by molar-refractivity contribution is 6.22. The molecule has 31 heavy (non-hydrogen) atoms. The van der Waals surface area contributed by atoms with Crippen molar-refractivity contribution in [2.45, 2.75) is 6.42 Å². The topological polar surface area (TPSA) is 100 Å². The summed E-state index contributed by atoms with van der Waals surface area (Å²) in [5, 5.41) is 0. The molecule has 1 fully saturated rings. The number of furan rings is 1. The molecule has 0 atom stereocenters. The Hall–Kier alpha value is -3.46. The van der Waals surface area contributed by atoms with Gasteiger partial charge in [-0.05, 0) is 36.8 Å². The van der Waals surface area contributed by atoms with E-state index in [9.17, 15) is 19.2 Å². The minimum Gasteiger partial charge on any atom is -0.459 e. The molecule has 2 aromatic rings. The summed E-state index contributed by atoms with van der Waals surface area (Å²) in [6, 6.07) is 7.88. The largest absolute Gasteiger partial charge is 0.459 e. The van der Waals surface area contributed by atoms with E-state index in [-0.39, 0.29) is 41.5 Å². The van der Waals surface area contributed by atoms with Gasteiger partial charge >= 0.3 is 0 Å². The van der Waals surface area contributed by atoms with Gasteiger partial charge in [-0.3, -0.25) is 24.1 Å². The molecule has 0 bridgehead atoms. The van der Waals surface area contributed by atoms with Crippen LogP contribution in [0.15, 0.2) is 41.0 Å². The zero-order chi connectivity index (χ0) is 22.0. The van der Waals surface area contributed by atoms with Crippen LogP contribution in [-0.2, 0) is 4.74 Å². The lowest BCUT2D eigenvalue weighted by molar-refractivity contribution is 0.0518. The first-order chi connectivity index (χ1) is 15.0. The molecule has 1 saturated heterocycles. The van der Waals surface area contributed by atoms with Gasteiger partial charge < -0.3 is 19.0 Å². The third-order valence-corrected chi connectivity index (χ3v) is 5.53. The Balaban J connectivity index is 1.41. The summed E-state index contributed by atoms with van der Waals surface area (Å²) in [6.45, 7) is 2.25. The Morgan fingerprint density at radius 1 is 0.968 bits per heavy atom. The summed E-state index contributed by atoms with van der Waals surface area (Å²) < 4.78 is 10.1. The number of ether oxygens (including phenoxy) is 1. The number of imide groups is 1. The van der Waals surface area contributed by atoms with Gasteiger partial charge in [-0.25, -0.2) is 0 Å². The van der Waals surface area contributed by atoms with Crippen LogP contribution in [0.3, 0.4) is 0 Å². The Kier molecular flexibility index (Phi) is 5.85. The van der Waals surface area contributed by atoms with Gasteiger partial charge in [0.2, 0.25) is 0 Å². The van der Waals surface area contributed by atoms with Gasteiger partial charge in [0.15, 0.2) is 5.76 Å². The van der Waals surface area contributed by atoms with Crippen LogP contribution in [0.2, 0.25) is 0 Å². The molecule has 9 heteroatoms. The molecule has 0 unspecified atom stereocenters. The molecule has 162 valence electrons. The van der Waals surface area contributed by atoms with Gasteiger partial charge in [-0.2, -0.15) is 0 Å². The van der Waals surface area contributed by atoms with Gasteiger partial charge in [-0.1, -0.05) is 0 Å². The number of piperazine rings is 1. The molecule has 0 aliphatic carbocycles. The van der Waals surface area contributed by atoms with E-state index in [2.05, 4.69) is 0 Å². The molecule has 1 aromatic carbocycles. The van der Waals surface area contributed by atoms with Gasteiger partial charge in [0, 0.05) is 52.0 Å². The lowest BCUT2D eigenvalue weighted by Gasteiger charge is -2.34. The fourth-order valence-corrected chi connectivity index (χ4v) is 3.85. The number of benzene rings is 1. The van der Waals surface area contributed by atoms with E-state index in [4.69, 9.17) is 9.15 Å². The Morgan fingerprint density at radius 3 is 2.29 bits per heavy atom. The minimum atomic E-state index is -0.389. The zero-order valence-electron chi connectivity index (χ0n) is 17.2. The second-order valence-corrected chi connectivity index (χ2v) is 7.43. The number of carbonyl (C=O) groups is 4. The van der Waals surface area contributed by atoms with Gasteiger partial charge in [0.05, 0.1) is 17.4 Å².